The number of hydrogen-bond donors (Lipinski definition) is 0. The van der Waals surface area contributed by atoms with E-state index in [1.54, 1.807) is 0 Å². The zero-order valence-electron chi connectivity index (χ0n) is 8.53. The van der Waals surface area contributed by atoms with Crippen LogP contribution >= 0.6 is 15.9 Å². The van der Waals surface area contributed by atoms with Crippen LogP contribution in [-0.2, 0) is 0 Å². The van der Waals surface area contributed by atoms with Gasteiger partial charge in [0.15, 0.2) is 5.82 Å². The quantitative estimate of drug-likeness (QED) is 0.794. The number of benzene rings is 1. The number of rotatable bonds is 1. The standard InChI is InChI=1S/C11H10BrN3/c1-7-8(2)14-15-11(13-7)9-3-5-10(12)6-4-9/h3-6H,1-2H3. The predicted octanol–water partition coefficient (Wildman–Crippen LogP) is 2.92. The first-order valence-corrected chi connectivity index (χ1v) is 5.40. The van der Waals surface area contributed by atoms with Gasteiger partial charge in [-0.2, -0.15) is 5.10 Å². The zero-order chi connectivity index (χ0) is 10.8. The average molecular weight is 264 g/mol. The van der Waals surface area contributed by atoms with E-state index in [0.29, 0.717) is 5.82 Å². The van der Waals surface area contributed by atoms with Crippen LogP contribution in [0.4, 0.5) is 0 Å². The Morgan fingerprint density at radius 2 is 1.60 bits per heavy atom. The van der Waals surface area contributed by atoms with E-state index in [1.807, 2.05) is 38.1 Å². The Labute approximate surface area is 96.7 Å². The summed E-state index contributed by atoms with van der Waals surface area (Å²) in [6, 6.07) is 7.87. The Hall–Kier alpha value is -1.29. The highest BCUT2D eigenvalue weighted by Gasteiger charge is 2.03. The van der Waals surface area contributed by atoms with E-state index in [1.165, 1.54) is 0 Å². The second kappa shape index (κ2) is 4.06. The van der Waals surface area contributed by atoms with Crippen molar-refractivity contribution in [1.29, 1.82) is 0 Å². The molecular formula is C11H10BrN3. The smallest absolute Gasteiger partial charge is 0.181 e. The molecule has 0 aliphatic heterocycles. The first-order valence-electron chi connectivity index (χ1n) is 4.60. The molecule has 2 rings (SSSR count). The van der Waals surface area contributed by atoms with E-state index in [2.05, 4.69) is 31.1 Å². The Morgan fingerprint density at radius 1 is 0.933 bits per heavy atom. The summed E-state index contributed by atoms with van der Waals surface area (Å²) in [6.07, 6.45) is 0. The van der Waals surface area contributed by atoms with E-state index in [-0.39, 0.29) is 0 Å². The Bertz CT molecular complexity index is 480. The summed E-state index contributed by atoms with van der Waals surface area (Å²) >= 11 is 3.39. The van der Waals surface area contributed by atoms with Gasteiger partial charge in [-0.05, 0) is 26.0 Å². The molecule has 0 aliphatic rings. The number of nitrogens with zero attached hydrogens (tertiary/aromatic N) is 3. The van der Waals surface area contributed by atoms with Crippen LogP contribution in [0.5, 0.6) is 0 Å². The third kappa shape index (κ3) is 2.21. The first-order chi connectivity index (χ1) is 7.16. The lowest BCUT2D eigenvalue weighted by Crippen LogP contribution is -1.98. The van der Waals surface area contributed by atoms with Gasteiger partial charge in [-0.1, -0.05) is 28.1 Å². The molecule has 2 aromatic rings. The molecule has 76 valence electrons. The third-order valence-corrected chi connectivity index (χ3v) is 2.72. The van der Waals surface area contributed by atoms with Crippen LogP contribution in [0.1, 0.15) is 11.4 Å². The van der Waals surface area contributed by atoms with Crippen molar-refractivity contribution in [2.45, 2.75) is 13.8 Å². The molecule has 1 aromatic carbocycles. The highest BCUT2D eigenvalue weighted by molar-refractivity contribution is 9.10. The minimum absolute atomic E-state index is 0.672. The Balaban J connectivity index is 2.45. The van der Waals surface area contributed by atoms with Crippen molar-refractivity contribution < 1.29 is 0 Å². The van der Waals surface area contributed by atoms with Crippen molar-refractivity contribution >= 4 is 15.9 Å². The van der Waals surface area contributed by atoms with E-state index in [9.17, 15) is 0 Å². The second-order valence-corrected chi connectivity index (χ2v) is 4.23. The topological polar surface area (TPSA) is 38.7 Å². The van der Waals surface area contributed by atoms with Crippen LogP contribution in [0, 0.1) is 13.8 Å². The highest BCUT2D eigenvalue weighted by Crippen LogP contribution is 2.18. The monoisotopic (exact) mass is 263 g/mol. The molecule has 15 heavy (non-hydrogen) atoms. The summed E-state index contributed by atoms with van der Waals surface area (Å²) < 4.78 is 1.04. The summed E-state index contributed by atoms with van der Waals surface area (Å²) in [4.78, 5) is 4.38. The van der Waals surface area contributed by atoms with Crippen molar-refractivity contribution in [3.8, 4) is 11.4 Å². The third-order valence-electron chi connectivity index (χ3n) is 2.19. The number of hydrogen-bond acceptors (Lipinski definition) is 3. The van der Waals surface area contributed by atoms with Crippen molar-refractivity contribution in [1.82, 2.24) is 15.2 Å². The molecule has 0 bridgehead atoms. The molecule has 1 aromatic heterocycles. The molecule has 3 nitrogen and oxygen atoms in total. The number of aryl methyl sites for hydroxylation is 2. The van der Waals surface area contributed by atoms with Gasteiger partial charge in [0.1, 0.15) is 0 Å². The fourth-order valence-corrected chi connectivity index (χ4v) is 1.44. The molecule has 0 spiro atoms. The van der Waals surface area contributed by atoms with E-state index < -0.39 is 0 Å². The van der Waals surface area contributed by atoms with Gasteiger partial charge in [0.2, 0.25) is 0 Å². The molecule has 0 aliphatic carbocycles. The highest BCUT2D eigenvalue weighted by atomic mass is 79.9. The predicted molar refractivity (Wildman–Crippen MR) is 62.4 cm³/mol. The van der Waals surface area contributed by atoms with Crippen LogP contribution in [-0.4, -0.2) is 15.2 Å². The van der Waals surface area contributed by atoms with E-state index in [0.717, 1.165) is 21.4 Å². The van der Waals surface area contributed by atoms with E-state index in [4.69, 9.17) is 0 Å². The van der Waals surface area contributed by atoms with Crippen LogP contribution in [0.15, 0.2) is 28.7 Å². The zero-order valence-corrected chi connectivity index (χ0v) is 10.1. The maximum absolute atomic E-state index is 4.38. The first kappa shape index (κ1) is 10.2. The van der Waals surface area contributed by atoms with Crippen LogP contribution in [0.25, 0.3) is 11.4 Å². The molecule has 1 heterocycles. The SMILES string of the molecule is Cc1nnc(-c2ccc(Br)cc2)nc1C. The maximum Gasteiger partial charge on any atom is 0.181 e. The molecule has 0 saturated heterocycles. The molecule has 0 atom stereocenters. The van der Waals surface area contributed by atoms with Crippen molar-refractivity contribution in [2.24, 2.45) is 0 Å². The molecule has 4 heteroatoms. The summed E-state index contributed by atoms with van der Waals surface area (Å²) in [7, 11) is 0. The molecule has 0 fully saturated rings. The van der Waals surface area contributed by atoms with E-state index >= 15 is 0 Å². The summed E-state index contributed by atoms with van der Waals surface area (Å²) in [5.41, 5.74) is 2.77. The van der Waals surface area contributed by atoms with Crippen LogP contribution < -0.4 is 0 Å². The number of aromatic nitrogens is 3. The summed E-state index contributed by atoms with van der Waals surface area (Å²) in [5, 5.41) is 8.12. The lowest BCUT2D eigenvalue weighted by atomic mass is 10.2. The maximum atomic E-state index is 4.38. The molecule has 0 amide bonds. The van der Waals surface area contributed by atoms with Crippen LogP contribution in [0.2, 0.25) is 0 Å². The van der Waals surface area contributed by atoms with Gasteiger partial charge in [0.25, 0.3) is 0 Å². The molecule has 0 radical (unpaired) electrons. The molecule has 0 N–H and O–H groups in total. The Morgan fingerprint density at radius 3 is 2.20 bits per heavy atom. The normalized spacial score (nSPS) is 10.3. The lowest BCUT2D eigenvalue weighted by molar-refractivity contribution is 0.905. The van der Waals surface area contributed by atoms with Gasteiger partial charge < -0.3 is 0 Å². The average Bonchev–Trinajstić information content (AvgIpc) is 2.23. The largest absolute Gasteiger partial charge is 0.230 e. The van der Waals surface area contributed by atoms with Gasteiger partial charge >= 0.3 is 0 Å². The second-order valence-electron chi connectivity index (χ2n) is 3.31. The van der Waals surface area contributed by atoms with Crippen molar-refractivity contribution in [3.63, 3.8) is 0 Å². The minimum Gasteiger partial charge on any atom is -0.230 e. The van der Waals surface area contributed by atoms with Gasteiger partial charge in [0.05, 0.1) is 11.4 Å². The molecular weight excluding hydrogens is 254 g/mol. The van der Waals surface area contributed by atoms with Gasteiger partial charge in [-0.15, -0.1) is 5.10 Å². The van der Waals surface area contributed by atoms with Gasteiger partial charge in [0, 0.05) is 10.0 Å². The summed E-state index contributed by atoms with van der Waals surface area (Å²) in [6.45, 7) is 3.84. The fraction of sp³-hybridized carbons (Fsp3) is 0.182. The minimum atomic E-state index is 0.672. The van der Waals surface area contributed by atoms with Crippen molar-refractivity contribution in [3.05, 3.63) is 40.1 Å². The Kier molecular flexibility index (Phi) is 2.77. The lowest BCUT2D eigenvalue weighted by Gasteiger charge is -2.02. The summed E-state index contributed by atoms with van der Waals surface area (Å²) in [5.74, 6) is 0.672. The molecule has 0 unspecified atom stereocenters. The van der Waals surface area contributed by atoms with Crippen LogP contribution in [0.3, 0.4) is 0 Å². The van der Waals surface area contributed by atoms with Gasteiger partial charge in [-0.25, -0.2) is 4.98 Å². The molecule has 0 saturated carbocycles. The number of halogens is 1. The fourth-order valence-electron chi connectivity index (χ4n) is 1.18. The van der Waals surface area contributed by atoms with Crippen molar-refractivity contribution in [2.75, 3.05) is 0 Å². The van der Waals surface area contributed by atoms with Gasteiger partial charge in [-0.3, -0.25) is 0 Å².